The molecule has 62 valence electrons. The summed E-state index contributed by atoms with van der Waals surface area (Å²) in [7, 11) is 0. The average molecular weight is 162 g/mol. The van der Waals surface area contributed by atoms with Crippen LogP contribution in [0.1, 0.15) is 25.5 Å². The SMILES string of the molecule is CC(C)n1ccc(C#N)cc1=O. The smallest absolute Gasteiger partial charge is 0.252 e. The van der Waals surface area contributed by atoms with Crippen molar-refractivity contribution in [2.45, 2.75) is 19.9 Å². The van der Waals surface area contributed by atoms with Crippen molar-refractivity contribution in [2.24, 2.45) is 0 Å². The van der Waals surface area contributed by atoms with Gasteiger partial charge in [-0.25, -0.2) is 0 Å². The Morgan fingerprint density at radius 1 is 1.58 bits per heavy atom. The van der Waals surface area contributed by atoms with E-state index in [9.17, 15) is 4.79 Å². The van der Waals surface area contributed by atoms with Gasteiger partial charge in [0.25, 0.3) is 5.56 Å². The Labute approximate surface area is 70.9 Å². The Hall–Kier alpha value is -1.56. The summed E-state index contributed by atoms with van der Waals surface area (Å²) in [6, 6.07) is 5.05. The lowest BCUT2D eigenvalue weighted by Gasteiger charge is -2.07. The van der Waals surface area contributed by atoms with Crippen LogP contribution in [-0.2, 0) is 0 Å². The van der Waals surface area contributed by atoms with Crippen LogP contribution in [-0.4, -0.2) is 4.57 Å². The summed E-state index contributed by atoms with van der Waals surface area (Å²) in [6.07, 6.45) is 1.64. The van der Waals surface area contributed by atoms with E-state index in [1.165, 1.54) is 6.07 Å². The minimum Gasteiger partial charge on any atom is -0.313 e. The summed E-state index contributed by atoms with van der Waals surface area (Å²) in [4.78, 5) is 11.3. The van der Waals surface area contributed by atoms with Crippen molar-refractivity contribution in [3.63, 3.8) is 0 Å². The van der Waals surface area contributed by atoms with Gasteiger partial charge in [-0.15, -0.1) is 0 Å². The van der Waals surface area contributed by atoms with Gasteiger partial charge in [-0.05, 0) is 19.9 Å². The Kier molecular flexibility index (Phi) is 2.29. The van der Waals surface area contributed by atoms with Gasteiger partial charge in [0, 0.05) is 18.3 Å². The number of rotatable bonds is 1. The molecule has 0 aliphatic carbocycles. The van der Waals surface area contributed by atoms with Crippen molar-refractivity contribution in [2.75, 3.05) is 0 Å². The van der Waals surface area contributed by atoms with Crippen molar-refractivity contribution in [1.29, 1.82) is 5.26 Å². The third-order valence-corrected chi connectivity index (χ3v) is 1.63. The summed E-state index contributed by atoms with van der Waals surface area (Å²) in [5.74, 6) is 0. The van der Waals surface area contributed by atoms with Gasteiger partial charge in [0.1, 0.15) is 0 Å². The molecule has 0 amide bonds. The molecule has 3 heteroatoms. The van der Waals surface area contributed by atoms with E-state index >= 15 is 0 Å². The summed E-state index contributed by atoms with van der Waals surface area (Å²) in [5, 5.41) is 8.49. The predicted octanol–water partition coefficient (Wildman–Crippen LogP) is 1.30. The van der Waals surface area contributed by atoms with E-state index in [2.05, 4.69) is 0 Å². The summed E-state index contributed by atoms with van der Waals surface area (Å²) in [6.45, 7) is 3.85. The summed E-state index contributed by atoms with van der Waals surface area (Å²) in [5.41, 5.74) is 0.293. The molecule has 0 unspecified atom stereocenters. The molecule has 1 heterocycles. The minimum atomic E-state index is -0.121. The molecule has 3 nitrogen and oxygen atoms in total. The Bertz CT molecular complexity index is 371. The predicted molar refractivity (Wildman–Crippen MR) is 45.8 cm³/mol. The topological polar surface area (TPSA) is 45.8 Å². The lowest BCUT2D eigenvalue weighted by Crippen LogP contribution is -2.20. The lowest BCUT2D eigenvalue weighted by molar-refractivity contribution is 0.578. The van der Waals surface area contributed by atoms with Crippen LogP contribution >= 0.6 is 0 Å². The molecule has 1 aromatic rings. The molecule has 0 saturated heterocycles. The van der Waals surface area contributed by atoms with Gasteiger partial charge in [-0.2, -0.15) is 5.26 Å². The van der Waals surface area contributed by atoms with E-state index in [-0.39, 0.29) is 11.6 Å². The second kappa shape index (κ2) is 3.22. The molecule has 0 aromatic carbocycles. The quantitative estimate of drug-likeness (QED) is 0.624. The second-order valence-corrected chi connectivity index (χ2v) is 2.87. The van der Waals surface area contributed by atoms with Gasteiger partial charge < -0.3 is 4.57 Å². The van der Waals surface area contributed by atoms with Gasteiger partial charge in [-0.1, -0.05) is 0 Å². The second-order valence-electron chi connectivity index (χ2n) is 2.87. The average Bonchev–Trinajstić information content (AvgIpc) is 2.03. The molecule has 12 heavy (non-hydrogen) atoms. The fourth-order valence-corrected chi connectivity index (χ4v) is 0.986. The van der Waals surface area contributed by atoms with Crippen LogP contribution in [0.3, 0.4) is 0 Å². The highest BCUT2D eigenvalue weighted by Crippen LogP contribution is 1.99. The van der Waals surface area contributed by atoms with Gasteiger partial charge in [0.2, 0.25) is 0 Å². The zero-order chi connectivity index (χ0) is 9.14. The molecule has 0 fully saturated rings. The van der Waals surface area contributed by atoms with Crippen molar-refractivity contribution < 1.29 is 0 Å². The number of hydrogen-bond acceptors (Lipinski definition) is 2. The van der Waals surface area contributed by atoms with E-state index in [1.54, 1.807) is 16.8 Å². The molecule has 0 atom stereocenters. The van der Waals surface area contributed by atoms with Crippen LogP contribution in [0.15, 0.2) is 23.1 Å². The normalized spacial score (nSPS) is 9.83. The van der Waals surface area contributed by atoms with Crippen molar-refractivity contribution in [1.82, 2.24) is 4.57 Å². The number of aromatic nitrogens is 1. The van der Waals surface area contributed by atoms with Crippen LogP contribution in [0.25, 0.3) is 0 Å². The molecule has 0 bridgehead atoms. The van der Waals surface area contributed by atoms with Crippen LogP contribution in [0, 0.1) is 11.3 Å². The highest BCUT2D eigenvalue weighted by molar-refractivity contribution is 5.25. The highest BCUT2D eigenvalue weighted by atomic mass is 16.1. The largest absolute Gasteiger partial charge is 0.313 e. The summed E-state index contributed by atoms with van der Waals surface area (Å²) < 4.78 is 1.58. The molecular formula is C9H10N2O. The van der Waals surface area contributed by atoms with Gasteiger partial charge in [0.05, 0.1) is 11.6 Å². The number of pyridine rings is 1. The third-order valence-electron chi connectivity index (χ3n) is 1.63. The monoisotopic (exact) mass is 162 g/mol. The Morgan fingerprint density at radius 2 is 2.25 bits per heavy atom. The molecule has 0 aliphatic rings. The molecule has 0 spiro atoms. The van der Waals surface area contributed by atoms with E-state index in [1.807, 2.05) is 19.9 Å². The Balaban J connectivity index is 3.24. The van der Waals surface area contributed by atoms with E-state index in [0.29, 0.717) is 5.56 Å². The van der Waals surface area contributed by atoms with Crippen molar-refractivity contribution in [3.8, 4) is 6.07 Å². The van der Waals surface area contributed by atoms with Crippen LogP contribution in [0.4, 0.5) is 0 Å². The van der Waals surface area contributed by atoms with E-state index in [0.717, 1.165) is 0 Å². The first-order chi connectivity index (χ1) is 5.65. The van der Waals surface area contributed by atoms with Crippen molar-refractivity contribution in [3.05, 3.63) is 34.2 Å². The van der Waals surface area contributed by atoms with Crippen LogP contribution < -0.4 is 5.56 Å². The van der Waals surface area contributed by atoms with E-state index in [4.69, 9.17) is 5.26 Å². The molecule has 0 radical (unpaired) electrons. The number of hydrogen-bond donors (Lipinski definition) is 0. The fraction of sp³-hybridized carbons (Fsp3) is 0.333. The molecule has 1 rings (SSSR count). The van der Waals surface area contributed by atoms with Gasteiger partial charge >= 0.3 is 0 Å². The molecule has 0 saturated carbocycles. The van der Waals surface area contributed by atoms with Crippen molar-refractivity contribution >= 4 is 0 Å². The maximum Gasteiger partial charge on any atom is 0.252 e. The van der Waals surface area contributed by atoms with Crippen LogP contribution in [0.5, 0.6) is 0 Å². The fourth-order valence-electron chi connectivity index (χ4n) is 0.986. The van der Waals surface area contributed by atoms with Gasteiger partial charge in [0.15, 0.2) is 0 Å². The molecular weight excluding hydrogens is 152 g/mol. The van der Waals surface area contributed by atoms with Gasteiger partial charge in [-0.3, -0.25) is 4.79 Å². The van der Waals surface area contributed by atoms with Crippen LogP contribution in [0.2, 0.25) is 0 Å². The number of nitriles is 1. The van der Waals surface area contributed by atoms with E-state index < -0.39 is 0 Å². The lowest BCUT2D eigenvalue weighted by atomic mass is 10.3. The number of nitrogens with zero attached hydrogens (tertiary/aromatic N) is 2. The first-order valence-corrected chi connectivity index (χ1v) is 3.77. The minimum absolute atomic E-state index is 0.121. The highest BCUT2D eigenvalue weighted by Gasteiger charge is 2.00. The standard InChI is InChI=1S/C9H10N2O/c1-7(2)11-4-3-8(6-10)5-9(11)12/h3-5,7H,1-2H3. The molecule has 0 aliphatic heterocycles. The maximum atomic E-state index is 11.3. The molecule has 1 aromatic heterocycles. The first-order valence-electron chi connectivity index (χ1n) is 3.77. The summed E-state index contributed by atoms with van der Waals surface area (Å²) >= 11 is 0. The zero-order valence-electron chi connectivity index (χ0n) is 7.11. The third kappa shape index (κ3) is 1.54. The molecule has 0 N–H and O–H groups in total. The maximum absolute atomic E-state index is 11.3. The zero-order valence-corrected chi connectivity index (χ0v) is 7.11. The Morgan fingerprint density at radius 3 is 2.67 bits per heavy atom. The first kappa shape index (κ1) is 8.54.